The third-order valence-electron chi connectivity index (χ3n) is 4.30. The SMILES string of the molecule is COc1cccc(-c2cccc(N3C(=O)c4ccccc4C3=O)c2)c1. The van der Waals surface area contributed by atoms with Gasteiger partial charge < -0.3 is 4.74 Å². The lowest BCUT2D eigenvalue weighted by Gasteiger charge is -2.15. The predicted octanol–water partition coefficient (Wildman–Crippen LogP) is 4.16. The van der Waals surface area contributed by atoms with Crippen molar-refractivity contribution in [1.82, 2.24) is 0 Å². The van der Waals surface area contributed by atoms with Crippen molar-refractivity contribution in [2.75, 3.05) is 12.0 Å². The number of methoxy groups -OCH3 is 1. The maximum Gasteiger partial charge on any atom is 0.266 e. The van der Waals surface area contributed by atoms with Crippen LogP contribution in [0, 0.1) is 0 Å². The van der Waals surface area contributed by atoms with Crippen LogP contribution >= 0.6 is 0 Å². The molecule has 122 valence electrons. The summed E-state index contributed by atoms with van der Waals surface area (Å²) < 4.78 is 5.26. The highest BCUT2D eigenvalue weighted by Gasteiger charge is 2.36. The van der Waals surface area contributed by atoms with Crippen LogP contribution in [0.3, 0.4) is 0 Å². The Balaban J connectivity index is 1.76. The summed E-state index contributed by atoms with van der Waals surface area (Å²) in [5.74, 6) is 0.176. The number of hydrogen-bond donors (Lipinski definition) is 0. The first-order chi connectivity index (χ1) is 12.2. The van der Waals surface area contributed by atoms with Crippen molar-refractivity contribution in [2.45, 2.75) is 0 Å². The second-order valence-electron chi connectivity index (χ2n) is 5.77. The zero-order chi connectivity index (χ0) is 17.4. The average Bonchev–Trinajstić information content (AvgIpc) is 2.93. The standard InChI is InChI=1S/C21H15NO3/c1-25-17-9-5-7-15(13-17)14-6-4-8-16(12-14)22-20(23)18-10-2-3-11-19(18)21(22)24/h2-13H,1H3. The van der Waals surface area contributed by atoms with E-state index in [9.17, 15) is 9.59 Å². The van der Waals surface area contributed by atoms with Crippen molar-refractivity contribution < 1.29 is 14.3 Å². The molecule has 3 aromatic rings. The minimum absolute atomic E-state index is 0.289. The lowest BCUT2D eigenvalue weighted by Crippen LogP contribution is -2.29. The normalized spacial score (nSPS) is 13.1. The van der Waals surface area contributed by atoms with E-state index in [-0.39, 0.29) is 11.8 Å². The molecule has 25 heavy (non-hydrogen) atoms. The van der Waals surface area contributed by atoms with Gasteiger partial charge in [0.05, 0.1) is 23.9 Å². The van der Waals surface area contributed by atoms with Crippen LogP contribution in [-0.2, 0) is 0 Å². The topological polar surface area (TPSA) is 46.6 Å². The van der Waals surface area contributed by atoms with Crippen molar-refractivity contribution >= 4 is 17.5 Å². The fourth-order valence-corrected chi connectivity index (χ4v) is 3.05. The molecule has 0 aromatic heterocycles. The molecule has 0 fully saturated rings. The Morgan fingerprint density at radius 1 is 0.720 bits per heavy atom. The molecule has 0 spiro atoms. The van der Waals surface area contributed by atoms with Crippen LogP contribution in [0.4, 0.5) is 5.69 Å². The highest BCUT2D eigenvalue weighted by atomic mass is 16.5. The van der Waals surface area contributed by atoms with Gasteiger partial charge in [0, 0.05) is 0 Å². The van der Waals surface area contributed by atoms with E-state index in [0.717, 1.165) is 16.9 Å². The minimum Gasteiger partial charge on any atom is -0.497 e. The maximum absolute atomic E-state index is 12.6. The fraction of sp³-hybridized carbons (Fsp3) is 0.0476. The van der Waals surface area contributed by atoms with Crippen LogP contribution in [0.25, 0.3) is 11.1 Å². The number of anilines is 1. The molecule has 0 unspecified atom stereocenters. The Bertz CT molecular complexity index is 959. The molecule has 1 aliphatic heterocycles. The zero-order valence-corrected chi connectivity index (χ0v) is 13.6. The fourth-order valence-electron chi connectivity index (χ4n) is 3.05. The van der Waals surface area contributed by atoms with E-state index in [1.54, 1.807) is 37.4 Å². The molecule has 1 aliphatic rings. The maximum atomic E-state index is 12.6. The molecule has 3 aromatic carbocycles. The van der Waals surface area contributed by atoms with E-state index in [2.05, 4.69) is 0 Å². The highest BCUT2D eigenvalue weighted by molar-refractivity contribution is 6.34. The molecular weight excluding hydrogens is 314 g/mol. The molecule has 4 nitrogen and oxygen atoms in total. The van der Waals surface area contributed by atoms with Gasteiger partial charge in [0.1, 0.15) is 5.75 Å². The number of carbonyl (C=O) groups is 2. The summed E-state index contributed by atoms with van der Waals surface area (Å²) >= 11 is 0. The van der Waals surface area contributed by atoms with Gasteiger partial charge in [-0.1, -0.05) is 36.4 Å². The average molecular weight is 329 g/mol. The second-order valence-corrected chi connectivity index (χ2v) is 5.77. The number of fused-ring (bicyclic) bond motifs is 1. The van der Waals surface area contributed by atoms with Crippen molar-refractivity contribution in [3.8, 4) is 16.9 Å². The second kappa shape index (κ2) is 5.91. The van der Waals surface area contributed by atoms with Gasteiger partial charge in [-0.15, -0.1) is 0 Å². The molecule has 0 aliphatic carbocycles. The summed E-state index contributed by atoms with van der Waals surface area (Å²) in [5.41, 5.74) is 3.32. The third-order valence-corrected chi connectivity index (χ3v) is 4.30. The molecule has 0 radical (unpaired) electrons. The summed E-state index contributed by atoms with van der Waals surface area (Å²) in [6.07, 6.45) is 0. The number of benzene rings is 3. The van der Waals surface area contributed by atoms with Gasteiger partial charge in [-0.25, -0.2) is 4.90 Å². The first-order valence-corrected chi connectivity index (χ1v) is 7.91. The van der Waals surface area contributed by atoms with E-state index >= 15 is 0 Å². The Morgan fingerprint density at radius 3 is 1.96 bits per heavy atom. The Hall–Kier alpha value is -3.40. The summed E-state index contributed by atoms with van der Waals surface area (Å²) in [6.45, 7) is 0. The van der Waals surface area contributed by atoms with Crippen molar-refractivity contribution in [1.29, 1.82) is 0 Å². The van der Waals surface area contributed by atoms with Gasteiger partial charge in [-0.05, 0) is 47.5 Å². The van der Waals surface area contributed by atoms with Crippen LogP contribution in [0.15, 0.2) is 72.8 Å². The van der Waals surface area contributed by atoms with Gasteiger partial charge in [0.2, 0.25) is 0 Å². The summed E-state index contributed by atoms with van der Waals surface area (Å²) in [5, 5.41) is 0. The Kier molecular flexibility index (Phi) is 3.58. The number of carbonyl (C=O) groups excluding carboxylic acids is 2. The lowest BCUT2D eigenvalue weighted by atomic mass is 10.0. The molecule has 2 amide bonds. The van der Waals surface area contributed by atoms with E-state index < -0.39 is 0 Å². The van der Waals surface area contributed by atoms with E-state index in [1.807, 2.05) is 42.5 Å². The van der Waals surface area contributed by atoms with Gasteiger partial charge in [0.25, 0.3) is 11.8 Å². The van der Waals surface area contributed by atoms with Gasteiger partial charge in [0.15, 0.2) is 0 Å². The lowest BCUT2D eigenvalue weighted by molar-refractivity contribution is 0.0926. The van der Waals surface area contributed by atoms with Gasteiger partial charge >= 0.3 is 0 Å². The molecule has 0 bridgehead atoms. The number of hydrogen-bond acceptors (Lipinski definition) is 3. The third kappa shape index (κ3) is 2.48. The number of amides is 2. The van der Waals surface area contributed by atoms with Crippen LogP contribution in [0.5, 0.6) is 5.75 Å². The van der Waals surface area contributed by atoms with Crippen LogP contribution in [-0.4, -0.2) is 18.9 Å². The molecule has 4 rings (SSSR count). The van der Waals surface area contributed by atoms with Crippen molar-refractivity contribution in [3.63, 3.8) is 0 Å². The first kappa shape index (κ1) is 15.1. The summed E-state index contributed by atoms with van der Waals surface area (Å²) in [7, 11) is 1.62. The zero-order valence-electron chi connectivity index (χ0n) is 13.6. The minimum atomic E-state index is -0.289. The van der Waals surface area contributed by atoms with E-state index in [1.165, 1.54) is 4.90 Å². The predicted molar refractivity (Wildman–Crippen MR) is 96.0 cm³/mol. The molecule has 0 atom stereocenters. The number of ether oxygens (including phenoxy) is 1. The smallest absolute Gasteiger partial charge is 0.266 e. The molecule has 4 heteroatoms. The molecule has 0 saturated heterocycles. The van der Waals surface area contributed by atoms with Crippen molar-refractivity contribution in [2.24, 2.45) is 0 Å². The van der Waals surface area contributed by atoms with E-state index in [4.69, 9.17) is 4.74 Å². The molecule has 1 heterocycles. The number of imide groups is 1. The molecular formula is C21H15NO3. The van der Waals surface area contributed by atoms with E-state index in [0.29, 0.717) is 16.8 Å². The first-order valence-electron chi connectivity index (χ1n) is 7.91. The highest BCUT2D eigenvalue weighted by Crippen LogP contribution is 2.32. The monoisotopic (exact) mass is 329 g/mol. The summed E-state index contributed by atoms with van der Waals surface area (Å²) in [6, 6.07) is 21.9. The van der Waals surface area contributed by atoms with Gasteiger partial charge in [-0.3, -0.25) is 9.59 Å². The van der Waals surface area contributed by atoms with Crippen LogP contribution in [0.1, 0.15) is 20.7 Å². The summed E-state index contributed by atoms with van der Waals surface area (Å²) in [4.78, 5) is 26.5. The largest absolute Gasteiger partial charge is 0.497 e. The quantitative estimate of drug-likeness (QED) is 0.678. The Morgan fingerprint density at radius 2 is 1.32 bits per heavy atom. The van der Waals surface area contributed by atoms with Crippen molar-refractivity contribution in [3.05, 3.63) is 83.9 Å². The molecule has 0 saturated carbocycles. The van der Waals surface area contributed by atoms with Crippen LogP contribution in [0.2, 0.25) is 0 Å². The number of rotatable bonds is 3. The Labute approximate surface area is 145 Å². The van der Waals surface area contributed by atoms with Gasteiger partial charge in [-0.2, -0.15) is 0 Å². The van der Waals surface area contributed by atoms with Crippen LogP contribution < -0.4 is 9.64 Å². The number of nitrogens with zero attached hydrogens (tertiary/aromatic N) is 1. The molecule has 0 N–H and O–H groups in total.